The fourth-order valence-electron chi connectivity index (χ4n) is 5.58. The van der Waals surface area contributed by atoms with Crippen LogP contribution in [0.4, 0.5) is 17.1 Å². The molecule has 0 spiro atoms. The van der Waals surface area contributed by atoms with E-state index in [1.54, 1.807) is 6.07 Å². The zero-order valence-corrected chi connectivity index (χ0v) is 20.1. The van der Waals surface area contributed by atoms with Gasteiger partial charge in [0, 0.05) is 63.6 Å². The van der Waals surface area contributed by atoms with Crippen molar-refractivity contribution in [3.8, 4) is 6.07 Å². The van der Waals surface area contributed by atoms with Crippen molar-refractivity contribution in [2.75, 3.05) is 68.8 Å². The van der Waals surface area contributed by atoms with Gasteiger partial charge in [0.15, 0.2) is 0 Å². The van der Waals surface area contributed by atoms with E-state index in [9.17, 15) is 20.2 Å². The summed E-state index contributed by atoms with van der Waals surface area (Å²) in [5, 5.41) is 24.1. The first-order valence-corrected chi connectivity index (χ1v) is 12.4. The van der Waals surface area contributed by atoms with Crippen LogP contribution in [0, 0.1) is 27.4 Å². The van der Waals surface area contributed by atoms with Gasteiger partial charge in [-0.3, -0.25) is 19.8 Å². The smallest absolute Gasteiger partial charge is 0.269 e. The first-order valence-electron chi connectivity index (χ1n) is 12.4. The molecule has 2 aromatic rings. The Balaban J connectivity index is 1.38. The summed E-state index contributed by atoms with van der Waals surface area (Å²) in [6, 6.07) is 14.7. The molecule has 0 bridgehead atoms. The molecule has 3 heterocycles. The molecule has 0 radical (unpaired) electrons. The fraction of sp³-hybridized carbons (Fsp3) is 0.462. The normalized spacial score (nSPS) is 21.8. The predicted molar refractivity (Wildman–Crippen MR) is 135 cm³/mol. The molecule has 10 heteroatoms. The third-order valence-electron chi connectivity index (χ3n) is 7.44. The second kappa shape index (κ2) is 10.5. The van der Waals surface area contributed by atoms with Crippen LogP contribution in [-0.4, -0.2) is 80.8 Å². The van der Waals surface area contributed by atoms with Gasteiger partial charge < -0.3 is 19.9 Å². The molecule has 36 heavy (non-hydrogen) atoms. The van der Waals surface area contributed by atoms with Crippen molar-refractivity contribution in [1.82, 2.24) is 10.2 Å². The molecule has 2 fully saturated rings. The van der Waals surface area contributed by atoms with E-state index in [1.165, 1.54) is 6.07 Å². The second-order valence-corrected chi connectivity index (χ2v) is 9.46. The number of ether oxygens (including phenoxy) is 1. The van der Waals surface area contributed by atoms with Gasteiger partial charge in [-0.25, -0.2) is 0 Å². The Morgan fingerprint density at radius 2 is 1.94 bits per heavy atom. The lowest BCUT2D eigenvalue weighted by atomic mass is 9.83. The molecule has 0 saturated carbocycles. The van der Waals surface area contributed by atoms with Crippen molar-refractivity contribution in [3.63, 3.8) is 0 Å². The van der Waals surface area contributed by atoms with E-state index in [2.05, 4.69) is 26.1 Å². The van der Waals surface area contributed by atoms with Crippen LogP contribution in [0.25, 0.3) is 0 Å². The predicted octanol–water partition coefficient (Wildman–Crippen LogP) is 1.78. The highest BCUT2D eigenvalue weighted by Crippen LogP contribution is 2.39. The van der Waals surface area contributed by atoms with E-state index < -0.39 is 0 Å². The van der Waals surface area contributed by atoms with Gasteiger partial charge in [-0.2, -0.15) is 5.26 Å². The Morgan fingerprint density at radius 1 is 1.14 bits per heavy atom. The number of rotatable bonds is 6. The van der Waals surface area contributed by atoms with Crippen LogP contribution in [0.15, 0.2) is 42.5 Å². The number of piperazine rings is 1. The standard InChI is InChI=1S/C26H30N6O4/c27-17-19-3-1-2-4-23(19)30-9-10-31-24-6-5-21(32(34)35)15-20(24)16-22(25(31)18-30)26(33)28-7-8-29-11-13-36-14-12-29/h1-6,15,22,25H,7-14,16,18H2,(H,28,33)/t22-,25-/m1/s1. The summed E-state index contributed by atoms with van der Waals surface area (Å²) < 4.78 is 5.40. The van der Waals surface area contributed by atoms with Crippen LogP contribution in [0.3, 0.4) is 0 Å². The van der Waals surface area contributed by atoms with Gasteiger partial charge in [-0.1, -0.05) is 12.1 Å². The summed E-state index contributed by atoms with van der Waals surface area (Å²) in [5.41, 5.74) is 3.32. The van der Waals surface area contributed by atoms with Crippen molar-refractivity contribution < 1.29 is 14.5 Å². The summed E-state index contributed by atoms with van der Waals surface area (Å²) in [6.45, 7) is 6.40. The molecule has 0 aliphatic carbocycles. The lowest BCUT2D eigenvalue weighted by Crippen LogP contribution is -2.61. The van der Waals surface area contributed by atoms with Crippen LogP contribution >= 0.6 is 0 Å². The highest BCUT2D eigenvalue weighted by atomic mass is 16.6. The number of anilines is 2. The Labute approximate surface area is 210 Å². The highest BCUT2D eigenvalue weighted by Gasteiger charge is 2.42. The largest absolute Gasteiger partial charge is 0.379 e. The third kappa shape index (κ3) is 4.85. The van der Waals surface area contributed by atoms with Crippen molar-refractivity contribution in [2.45, 2.75) is 12.5 Å². The molecule has 10 nitrogen and oxygen atoms in total. The summed E-state index contributed by atoms with van der Waals surface area (Å²) >= 11 is 0. The molecule has 0 unspecified atom stereocenters. The van der Waals surface area contributed by atoms with Gasteiger partial charge in [-0.15, -0.1) is 0 Å². The highest BCUT2D eigenvalue weighted by molar-refractivity contribution is 5.82. The zero-order chi connectivity index (χ0) is 25.1. The first-order chi connectivity index (χ1) is 17.5. The summed E-state index contributed by atoms with van der Waals surface area (Å²) in [4.78, 5) is 31.2. The molecule has 0 aromatic heterocycles. The number of hydrogen-bond acceptors (Lipinski definition) is 8. The van der Waals surface area contributed by atoms with E-state index in [1.807, 2.05) is 30.3 Å². The quantitative estimate of drug-likeness (QED) is 0.481. The summed E-state index contributed by atoms with van der Waals surface area (Å²) in [7, 11) is 0. The van der Waals surface area contributed by atoms with Gasteiger partial charge in [0.25, 0.3) is 5.69 Å². The molecule has 3 aliphatic heterocycles. The van der Waals surface area contributed by atoms with Crippen LogP contribution < -0.4 is 15.1 Å². The number of hydrogen-bond donors (Lipinski definition) is 1. The maximum Gasteiger partial charge on any atom is 0.269 e. The van der Waals surface area contributed by atoms with Crippen LogP contribution in [0.2, 0.25) is 0 Å². The minimum absolute atomic E-state index is 0.0363. The zero-order valence-electron chi connectivity index (χ0n) is 20.1. The van der Waals surface area contributed by atoms with Crippen LogP contribution in [-0.2, 0) is 16.0 Å². The number of nitro groups is 1. The number of nitrogens with one attached hydrogen (secondary N) is 1. The Bertz CT molecular complexity index is 1180. The molecule has 1 amide bonds. The number of nitrogens with zero attached hydrogens (tertiary/aromatic N) is 5. The molecule has 2 aromatic carbocycles. The number of morpholine rings is 1. The topological polar surface area (TPSA) is 115 Å². The average molecular weight is 491 g/mol. The Hall–Kier alpha value is -3.68. The Kier molecular flexibility index (Phi) is 7.02. The van der Waals surface area contributed by atoms with E-state index in [-0.39, 0.29) is 28.5 Å². The number of carbonyl (C=O) groups is 1. The van der Waals surface area contributed by atoms with Crippen molar-refractivity contribution >= 4 is 23.0 Å². The number of para-hydroxylation sites is 1. The van der Waals surface area contributed by atoms with E-state index in [4.69, 9.17) is 4.74 Å². The van der Waals surface area contributed by atoms with Crippen LogP contribution in [0.1, 0.15) is 11.1 Å². The number of nitriles is 1. The molecule has 188 valence electrons. The number of amides is 1. The van der Waals surface area contributed by atoms with E-state index in [0.29, 0.717) is 51.4 Å². The fourth-order valence-corrected chi connectivity index (χ4v) is 5.58. The molecule has 3 aliphatic rings. The summed E-state index contributed by atoms with van der Waals surface area (Å²) in [6.07, 6.45) is 0.440. The van der Waals surface area contributed by atoms with Crippen LogP contribution in [0.5, 0.6) is 0 Å². The number of non-ortho nitro benzene ring substituents is 1. The first kappa shape index (κ1) is 24.0. The van der Waals surface area contributed by atoms with E-state index >= 15 is 0 Å². The third-order valence-corrected chi connectivity index (χ3v) is 7.44. The minimum atomic E-state index is -0.388. The number of nitro benzene ring substituents is 1. The number of benzene rings is 2. The molecule has 2 saturated heterocycles. The lowest BCUT2D eigenvalue weighted by Gasteiger charge is -2.49. The minimum Gasteiger partial charge on any atom is -0.379 e. The molecule has 2 atom stereocenters. The van der Waals surface area contributed by atoms with Crippen molar-refractivity contribution in [3.05, 3.63) is 63.7 Å². The number of carbonyl (C=O) groups excluding carboxylic acids is 1. The van der Waals surface area contributed by atoms with Gasteiger partial charge >= 0.3 is 0 Å². The van der Waals surface area contributed by atoms with Crippen molar-refractivity contribution in [1.29, 1.82) is 5.26 Å². The maximum absolute atomic E-state index is 13.5. The summed E-state index contributed by atoms with van der Waals surface area (Å²) in [5.74, 6) is -0.396. The molecule has 5 rings (SSSR count). The number of fused-ring (bicyclic) bond motifs is 3. The van der Waals surface area contributed by atoms with Crippen molar-refractivity contribution in [2.24, 2.45) is 5.92 Å². The van der Waals surface area contributed by atoms with Gasteiger partial charge in [-0.05, 0) is 30.2 Å². The van der Waals surface area contributed by atoms with Gasteiger partial charge in [0.2, 0.25) is 5.91 Å². The Morgan fingerprint density at radius 3 is 2.72 bits per heavy atom. The molecular weight excluding hydrogens is 460 g/mol. The monoisotopic (exact) mass is 490 g/mol. The average Bonchev–Trinajstić information content (AvgIpc) is 2.92. The second-order valence-electron chi connectivity index (χ2n) is 9.46. The molecule has 1 N–H and O–H groups in total. The molecular formula is C26H30N6O4. The SMILES string of the molecule is N#Cc1ccccc1N1CCN2c3ccc([N+](=O)[O-])cc3C[C@@H](C(=O)NCCN3CCOCC3)[C@H]2C1. The van der Waals surface area contributed by atoms with Gasteiger partial charge in [0.1, 0.15) is 6.07 Å². The van der Waals surface area contributed by atoms with Gasteiger partial charge in [0.05, 0.1) is 41.3 Å². The van der Waals surface area contributed by atoms with E-state index in [0.717, 1.165) is 36.6 Å². The maximum atomic E-state index is 13.5. The lowest BCUT2D eigenvalue weighted by molar-refractivity contribution is -0.384.